The molecule has 0 radical (unpaired) electrons. The van der Waals surface area contributed by atoms with E-state index in [-0.39, 0.29) is 19.7 Å². The van der Waals surface area contributed by atoms with Crippen molar-refractivity contribution >= 4 is 17.8 Å². The van der Waals surface area contributed by atoms with Crippen LogP contribution in [0.3, 0.4) is 0 Å². The number of β-amino-alcohol motifs (C(OH)–C–C–N with tert-alkyl or cyclic N) is 1. The quantitative estimate of drug-likeness (QED) is 0.492. The lowest BCUT2D eigenvalue weighted by Gasteiger charge is -2.22. The van der Waals surface area contributed by atoms with Gasteiger partial charge in [0.05, 0.1) is 30.4 Å². The van der Waals surface area contributed by atoms with Crippen LogP contribution in [0.25, 0.3) is 0 Å². The van der Waals surface area contributed by atoms with E-state index in [9.17, 15) is 19.5 Å². The second-order valence-corrected chi connectivity index (χ2v) is 6.82. The van der Waals surface area contributed by atoms with E-state index >= 15 is 0 Å². The predicted octanol–water partition coefficient (Wildman–Crippen LogP) is 1.41. The van der Waals surface area contributed by atoms with Gasteiger partial charge < -0.3 is 15.2 Å². The molecule has 152 valence electrons. The molecular formula is C22H24N2O5. The van der Waals surface area contributed by atoms with E-state index in [1.54, 1.807) is 31.2 Å². The number of nitrogens with one attached hydrogen (secondary N) is 1. The molecule has 0 fully saturated rings. The monoisotopic (exact) mass is 396 g/mol. The normalized spacial score (nSPS) is 15.2. The molecule has 7 nitrogen and oxygen atoms in total. The minimum atomic E-state index is -1.02. The summed E-state index contributed by atoms with van der Waals surface area (Å²) in [6.07, 6.45) is -0.621. The Morgan fingerprint density at radius 1 is 1.03 bits per heavy atom. The zero-order valence-corrected chi connectivity index (χ0v) is 16.2. The summed E-state index contributed by atoms with van der Waals surface area (Å²) < 4.78 is 5.12. The first-order valence-corrected chi connectivity index (χ1v) is 9.58. The summed E-state index contributed by atoms with van der Waals surface area (Å²) in [5.41, 5.74) is 1.63. The number of fused-ring (bicyclic) bond motifs is 1. The highest BCUT2D eigenvalue weighted by Gasteiger charge is 2.36. The Bertz CT molecular complexity index is 849. The van der Waals surface area contributed by atoms with E-state index in [1.807, 2.05) is 30.3 Å². The van der Waals surface area contributed by atoms with Crippen LogP contribution in [0.4, 0.5) is 0 Å². The number of aliphatic hydroxyl groups is 1. The largest absolute Gasteiger partial charge is 0.465 e. The Hall–Kier alpha value is -3.03. The molecule has 0 saturated heterocycles. The van der Waals surface area contributed by atoms with Crippen LogP contribution in [0.1, 0.15) is 33.2 Å². The van der Waals surface area contributed by atoms with E-state index in [4.69, 9.17) is 4.74 Å². The second-order valence-electron chi connectivity index (χ2n) is 6.82. The molecule has 1 aliphatic heterocycles. The highest BCUT2D eigenvalue weighted by Crippen LogP contribution is 2.22. The molecule has 2 N–H and O–H groups in total. The Morgan fingerprint density at radius 2 is 1.62 bits per heavy atom. The molecule has 2 atom stereocenters. The number of benzene rings is 2. The number of imide groups is 1. The number of ether oxygens (including phenoxy) is 1. The van der Waals surface area contributed by atoms with Crippen LogP contribution in [0.5, 0.6) is 0 Å². The molecule has 0 bridgehead atoms. The van der Waals surface area contributed by atoms with Gasteiger partial charge in [0.25, 0.3) is 11.8 Å². The minimum absolute atomic E-state index is 0.0315. The van der Waals surface area contributed by atoms with Crippen molar-refractivity contribution in [3.63, 3.8) is 0 Å². The van der Waals surface area contributed by atoms with Gasteiger partial charge in [-0.05, 0) is 31.0 Å². The number of carbonyl (C=O) groups excluding carboxylic acids is 3. The maximum absolute atomic E-state index is 12.4. The molecule has 2 aromatic carbocycles. The van der Waals surface area contributed by atoms with E-state index < -0.39 is 29.9 Å². The standard InChI is InChI=1S/C22H24N2O5/c1-2-29-22(28)19(12-15-8-4-3-5-9-15)23-13-16(25)14-24-20(26)17-10-6-7-11-18(17)21(24)27/h3-11,16,19,23,25H,2,12-14H2,1H3/t16?,19-/m0/s1. The number of carbonyl (C=O) groups is 3. The summed E-state index contributed by atoms with van der Waals surface area (Å²) in [7, 11) is 0. The first kappa shape index (κ1) is 20.7. The average Bonchev–Trinajstić information content (AvgIpc) is 2.97. The van der Waals surface area contributed by atoms with Gasteiger partial charge in [-0.1, -0.05) is 42.5 Å². The maximum atomic E-state index is 12.4. The predicted molar refractivity (Wildman–Crippen MR) is 106 cm³/mol. The highest BCUT2D eigenvalue weighted by molar-refractivity contribution is 6.21. The number of esters is 1. The molecule has 0 aliphatic carbocycles. The Morgan fingerprint density at radius 3 is 2.21 bits per heavy atom. The lowest BCUT2D eigenvalue weighted by atomic mass is 10.1. The van der Waals surface area contributed by atoms with Crippen molar-refractivity contribution in [1.29, 1.82) is 0 Å². The maximum Gasteiger partial charge on any atom is 0.323 e. The van der Waals surface area contributed by atoms with E-state index in [0.717, 1.165) is 10.5 Å². The highest BCUT2D eigenvalue weighted by atomic mass is 16.5. The smallest absolute Gasteiger partial charge is 0.323 e. The van der Waals surface area contributed by atoms with Crippen LogP contribution in [0.2, 0.25) is 0 Å². The fourth-order valence-electron chi connectivity index (χ4n) is 3.29. The summed E-state index contributed by atoms with van der Waals surface area (Å²) in [5.74, 6) is -1.25. The molecule has 0 spiro atoms. The number of hydrogen-bond donors (Lipinski definition) is 2. The molecule has 2 amide bonds. The average molecular weight is 396 g/mol. The van der Waals surface area contributed by atoms with Crippen LogP contribution < -0.4 is 5.32 Å². The summed E-state index contributed by atoms with van der Waals surface area (Å²) >= 11 is 0. The molecule has 3 rings (SSSR count). The Balaban J connectivity index is 1.60. The van der Waals surface area contributed by atoms with E-state index in [2.05, 4.69) is 5.32 Å². The SMILES string of the molecule is CCOC(=O)[C@H](Cc1ccccc1)NCC(O)CN1C(=O)c2ccccc2C1=O. The second kappa shape index (κ2) is 9.45. The zero-order valence-electron chi connectivity index (χ0n) is 16.2. The fourth-order valence-corrected chi connectivity index (χ4v) is 3.29. The molecule has 0 saturated carbocycles. The third kappa shape index (κ3) is 4.88. The number of rotatable bonds is 9. The first-order valence-electron chi connectivity index (χ1n) is 9.58. The van der Waals surface area contributed by atoms with Crippen LogP contribution >= 0.6 is 0 Å². The van der Waals surface area contributed by atoms with Crippen molar-refractivity contribution in [2.75, 3.05) is 19.7 Å². The van der Waals surface area contributed by atoms with Crippen molar-refractivity contribution in [2.45, 2.75) is 25.5 Å². The van der Waals surface area contributed by atoms with Crippen LogP contribution in [0, 0.1) is 0 Å². The summed E-state index contributed by atoms with van der Waals surface area (Å²) in [5, 5.41) is 13.4. The minimum Gasteiger partial charge on any atom is -0.465 e. The molecule has 1 heterocycles. The zero-order chi connectivity index (χ0) is 20.8. The first-order chi connectivity index (χ1) is 14.0. The fraction of sp³-hybridized carbons (Fsp3) is 0.318. The summed E-state index contributed by atoms with van der Waals surface area (Å²) in [6, 6.07) is 15.4. The van der Waals surface area contributed by atoms with Crippen LogP contribution in [-0.2, 0) is 16.0 Å². The van der Waals surface area contributed by atoms with Crippen molar-refractivity contribution in [3.8, 4) is 0 Å². The molecule has 7 heteroatoms. The lowest BCUT2D eigenvalue weighted by Crippen LogP contribution is -2.47. The lowest BCUT2D eigenvalue weighted by molar-refractivity contribution is -0.145. The van der Waals surface area contributed by atoms with Gasteiger partial charge >= 0.3 is 5.97 Å². The molecule has 2 aromatic rings. The van der Waals surface area contributed by atoms with Gasteiger partial charge in [0.2, 0.25) is 0 Å². The van der Waals surface area contributed by atoms with Crippen LogP contribution in [0.15, 0.2) is 54.6 Å². The topological polar surface area (TPSA) is 95.9 Å². The van der Waals surface area contributed by atoms with Gasteiger partial charge in [-0.3, -0.25) is 19.3 Å². The summed E-state index contributed by atoms with van der Waals surface area (Å²) in [6.45, 7) is 1.86. The number of aliphatic hydroxyl groups excluding tert-OH is 1. The molecule has 29 heavy (non-hydrogen) atoms. The molecule has 0 aromatic heterocycles. The van der Waals surface area contributed by atoms with Gasteiger partial charge in [-0.15, -0.1) is 0 Å². The molecule has 1 unspecified atom stereocenters. The van der Waals surface area contributed by atoms with Gasteiger partial charge in [0, 0.05) is 6.54 Å². The molecule has 1 aliphatic rings. The Labute approximate surface area is 169 Å². The molecular weight excluding hydrogens is 372 g/mol. The van der Waals surface area contributed by atoms with Crippen molar-refractivity contribution in [3.05, 3.63) is 71.3 Å². The van der Waals surface area contributed by atoms with Crippen LogP contribution in [-0.4, -0.2) is 59.6 Å². The van der Waals surface area contributed by atoms with Crippen molar-refractivity contribution in [1.82, 2.24) is 10.2 Å². The number of hydrogen-bond acceptors (Lipinski definition) is 6. The Kier molecular flexibility index (Phi) is 6.74. The summed E-state index contributed by atoms with van der Waals surface area (Å²) in [4.78, 5) is 38.1. The third-order valence-corrected chi connectivity index (χ3v) is 4.73. The van der Waals surface area contributed by atoms with Crippen molar-refractivity contribution in [2.24, 2.45) is 0 Å². The van der Waals surface area contributed by atoms with E-state index in [1.165, 1.54) is 0 Å². The number of amides is 2. The van der Waals surface area contributed by atoms with Gasteiger partial charge in [0.1, 0.15) is 6.04 Å². The van der Waals surface area contributed by atoms with Gasteiger partial charge in [-0.25, -0.2) is 0 Å². The van der Waals surface area contributed by atoms with E-state index in [0.29, 0.717) is 17.5 Å². The number of nitrogens with zero attached hydrogens (tertiary/aromatic N) is 1. The van der Waals surface area contributed by atoms with Gasteiger partial charge in [0.15, 0.2) is 0 Å². The van der Waals surface area contributed by atoms with Gasteiger partial charge in [-0.2, -0.15) is 0 Å². The van der Waals surface area contributed by atoms with Crippen molar-refractivity contribution < 1.29 is 24.2 Å². The third-order valence-electron chi connectivity index (χ3n) is 4.73.